The molecule has 1 aromatic rings. The summed E-state index contributed by atoms with van der Waals surface area (Å²) in [5.41, 5.74) is 0.145. The SMILES string of the molecule is CC(C)[C@@H](NC(=S)N[C@@H]1CCCC[C@H]1/N=C/c1cc(OC(=O)C(C)(C)C)cc(C(C)(C)C)c1O)C(=O)N(C)C. The first-order valence-electron chi connectivity index (χ1n) is 13.8. The van der Waals surface area contributed by atoms with Crippen molar-refractivity contribution < 1.29 is 19.4 Å². The van der Waals surface area contributed by atoms with Crippen LogP contribution in [0.1, 0.15) is 92.2 Å². The van der Waals surface area contributed by atoms with Gasteiger partial charge in [-0.3, -0.25) is 14.6 Å². The van der Waals surface area contributed by atoms with Crippen molar-refractivity contribution in [1.29, 1.82) is 0 Å². The number of esters is 1. The standard InChI is InChI=1S/C30H48N4O4S/c1-18(2)24(26(36)34(9)10)33-28(39)32-23-14-12-11-13-22(23)31-17-19-15-20(38-27(37)30(6,7)8)16-21(25(19)35)29(3,4)5/h15-18,22-24,35H,11-14H2,1-10H3,(H2,32,33,39)/b31-17+/t22-,23-,24-/m1/s1. The molecule has 0 heterocycles. The lowest BCUT2D eigenvalue weighted by Gasteiger charge is -2.32. The number of benzene rings is 1. The molecule has 1 saturated carbocycles. The normalized spacial score (nSPS) is 19.1. The molecule has 0 radical (unpaired) electrons. The molecule has 1 aliphatic carbocycles. The molecule has 1 aromatic carbocycles. The Hall–Kier alpha value is -2.68. The number of nitrogens with one attached hydrogen (secondary N) is 2. The molecule has 3 atom stereocenters. The summed E-state index contributed by atoms with van der Waals surface area (Å²) >= 11 is 5.60. The largest absolute Gasteiger partial charge is 0.507 e. The molecule has 218 valence electrons. The van der Waals surface area contributed by atoms with Gasteiger partial charge in [0, 0.05) is 31.4 Å². The molecular weight excluding hydrogens is 512 g/mol. The number of hydrogen-bond acceptors (Lipinski definition) is 6. The van der Waals surface area contributed by atoms with Crippen LogP contribution in [0.2, 0.25) is 0 Å². The summed E-state index contributed by atoms with van der Waals surface area (Å²) in [5.74, 6) is 0.208. The number of likely N-dealkylation sites (N-methyl/N-ethyl adjacent to an activating group) is 1. The average molecular weight is 561 g/mol. The molecular formula is C30H48N4O4S. The fourth-order valence-electron chi connectivity index (χ4n) is 4.40. The number of phenolic OH excluding ortho intramolecular Hbond substituents is 1. The lowest BCUT2D eigenvalue weighted by atomic mass is 9.85. The number of phenols is 1. The molecule has 0 unspecified atom stereocenters. The second-order valence-corrected chi connectivity index (χ2v) is 13.5. The maximum absolute atomic E-state index is 12.6. The molecule has 1 fully saturated rings. The number of rotatable bonds is 7. The van der Waals surface area contributed by atoms with Crippen LogP contribution in [0, 0.1) is 11.3 Å². The van der Waals surface area contributed by atoms with E-state index in [0.29, 0.717) is 22.0 Å². The summed E-state index contributed by atoms with van der Waals surface area (Å²) in [7, 11) is 3.47. The average Bonchev–Trinajstić information content (AvgIpc) is 2.81. The third-order valence-corrected chi connectivity index (χ3v) is 7.09. The van der Waals surface area contributed by atoms with Crippen LogP contribution in [0.25, 0.3) is 0 Å². The van der Waals surface area contributed by atoms with E-state index in [0.717, 1.165) is 25.7 Å². The molecule has 39 heavy (non-hydrogen) atoms. The molecule has 8 nitrogen and oxygen atoms in total. The quantitative estimate of drug-likeness (QED) is 0.188. The van der Waals surface area contributed by atoms with Gasteiger partial charge < -0.3 is 25.4 Å². The number of nitrogens with zero attached hydrogens (tertiary/aromatic N) is 2. The zero-order valence-corrected chi connectivity index (χ0v) is 26.2. The fourth-order valence-corrected chi connectivity index (χ4v) is 4.67. The maximum atomic E-state index is 12.6. The fraction of sp³-hybridized carbons (Fsp3) is 0.667. The lowest BCUT2D eigenvalue weighted by Crippen LogP contribution is -2.55. The van der Waals surface area contributed by atoms with E-state index in [4.69, 9.17) is 21.9 Å². The lowest BCUT2D eigenvalue weighted by molar-refractivity contribution is -0.143. The van der Waals surface area contributed by atoms with Crippen LogP contribution in [0.15, 0.2) is 17.1 Å². The molecule has 0 aromatic heterocycles. The molecule has 1 aliphatic rings. The Morgan fingerprint density at radius 1 is 1.13 bits per heavy atom. The van der Waals surface area contributed by atoms with Crippen molar-refractivity contribution in [1.82, 2.24) is 15.5 Å². The number of aromatic hydroxyl groups is 1. The first-order chi connectivity index (χ1) is 17.9. The van der Waals surface area contributed by atoms with E-state index in [9.17, 15) is 14.7 Å². The van der Waals surface area contributed by atoms with E-state index in [1.807, 2.05) is 34.6 Å². The highest BCUT2D eigenvalue weighted by molar-refractivity contribution is 7.80. The minimum absolute atomic E-state index is 0.0107. The van der Waals surface area contributed by atoms with Gasteiger partial charge in [-0.05, 0) is 69.3 Å². The van der Waals surface area contributed by atoms with Crippen LogP contribution in [0.3, 0.4) is 0 Å². The van der Waals surface area contributed by atoms with E-state index in [1.54, 1.807) is 58.1 Å². The number of amides is 1. The number of aliphatic imine (C=N–C) groups is 1. The Balaban J connectivity index is 2.30. The van der Waals surface area contributed by atoms with Crippen molar-refractivity contribution >= 4 is 35.4 Å². The molecule has 2 rings (SSSR count). The summed E-state index contributed by atoms with van der Waals surface area (Å²) in [4.78, 5) is 31.6. The van der Waals surface area contributed by atoms with Gasteiger partial charge in [-0.25, -0.2) is 0 Å². The van der Waals surface area contributed by atoms with E-state index in [-0.39, 0.29) is 41.0 Å². The molecule has 1 amide bonds. The monoisotopic (exact) mass is 560 g/mol. The van der Waals surface area contributed by atoms with Gasteiger partial charge in [0.2, 0.25) is 5.91 Å². The van der Waals surface area contributed by atoms with Gasteiger partial charge in [-0.1, -0.05) is 47.5 Å². The smallest absolute Gasteiger partial charge is 0.316 e. The highest BCUT2D eigenvalue weighted by atomic mass is 32.1. The Bertz CT molecular complexity index is 1070. The zero-order valence-electron chi connectivity index (χ0n) is 25.3. The van der Waals surface area contributed by atoms with E-state index >= 15 is 0 Å². The third kappa shape index (κ3) is 9.19. The minimum atomic E-state index is -0.660. The Kier molecular flexibility index (Phi) is 10.9. The summed E-state index contributed by atoms with van der Waals surface area (Å²) in [6.45, 7) is 15.4. The van der Waals surface area contributed by atoms with E-state index < -0.39 is 11.5 Å². The van der Waals surface area contributed by atoms with Gasteiger partial charge in [0.15, 0.2) is 5.11 Å². The van der Waals surface area contributed by atoms with E-state index in [1.165, 1.54) is 0 Å². The first kappa shape index (κ1) is 32.5. The summed E-state index contributed by atoms with van der Waals surface area (Å²) < 4.78 is 5.69. The topological polar surface area (TPSA) is 103 Å². The molecule has 3 N–H and O–H groups in total. The van der Waals surface area contributed by atoms with Gasteiger partial charge in [-0.15, -0.1) is 0 Å². The predicted octanol–water partition coefficient (Wildman–Crippen LogP) is 4.95. The van der Waals surface area contributed by atoms with Crippen molar-refractivity contribution in [2.75, 3.05) is 14.1 Å². The van der Waals surface area contributed by atoms with Crippen LogP contribution in [0.5, 0.6) is 11.5 Å². The van der Waals surface area contributed by atoms with Crippen LogP contribution >= 0.6 is 12.2 Å². The number of thiocarbonyl (C=S) groups is 1. The van der Waals surface area contributed by atoms with Crippen LogP contribution < -0.4 is 15.4 Å². The number of ether oxygens (including phenoxy) is 1. The first-order valence-corrected chi connectivity index (χ1v) is 14.2. The predicted molar refractivity (Wildman–Crippen MR) is 162 cm³/mol. The number of carbonyl (C=O) groups excluding carboxylic acids is 2. The van der Waals surface area contributed by atoms with Gasteiger partial charge in [-0.2, -0.15) is 0 Å². The second kappa shape index (κ2) is 13.1. The van der Waals surface area contributed by atoms with Gasteiger partial charge in [0.05, 0.1) is 17.5 Å². The number of hydrogen-bond donors (Lipinski definition) is 3. The van der Waals surface area contributed by atoms with E-state index in [2.05, 4.69) is 10.6 Å². The Morgan fingerprint density at radius 2 is 1.74 bits per heavy atom. The highest BCUT2D eigenvalue weighted by Crippen LogP contribution is 2.37. The van der Waals surface area contributed by atoms with Crippen molar-refractivity contribution in [3.8, 4) is 11.5 Å². The molecule has 9 heteroatoms. The van der Waals surface area contributed by atoms with Gasteiger partial charge >= 0.3 is 5.97 Å². The van der Waals surface area contributed by atoms with Gasteiger partial charge in [0.1, 0.15) is 17.5 Å². The summed E-state index contributed by atoms with van der Waals surface area (Å²) in [5, 5.41) is 18.1. The molecule has 0 saturated heterocycles. The van der Waals surface area contributed by atoms with Crippen molar-refractivity contribution in [2.45, 2.75) is 105 Å². The summed E-state index contributed by atoms with van der Waals surface area (Å²) in [6.07, 6.45) is 5.52. The molecule has 0 bridgehead atoms. The van der Waals surface area contributed by atoms with Gasteiger partial charge in [0.25, 0.3) is 0 Å². The summed E-state index contributed by atoms with van der Waals surface area (Å²) in [6, 6.07) is 2.89. The molecule has 0 aliphatic heterocycles. The van der Waals surface area contributed by atoms with Crippen LogP contribution in [0.4, 0.5) is 0 Å². The van der Waals surface area contributed by atoms with Crippen LogP contribution in [-0.4, -0.2) is 65.4 Å². The highest BCUT2D eigenvalue weighted by Gasteiger charge is 2.29. The zero-order chi connectivity index (χ0) is 29.7. The van der Waals surface area contributed by atoms with Crippen molar-refractivity contribution in [3.63, 3.8) is 0 Å². The van der Waals surface area contributed by atoms with Crippen LogP contribution in [-0.2, 0) is 15.0 Å². The number of carbonyl (C=O) groups is 2. The van der Waals surface area contributed by atoms with Crippen molar-refractivity contribution in [2.24, 2.45) is 16.3 Å². The second-order valence-electron chi connectivity index (χ2n) is 13.1. The Morgan fingerprint density at radius 3 is 2.28 bits per heavy atom. The minimum Gasteiger partial charge on any atom is -0.507 e. The maximum Gasteiger partial charge on any atom is 0.316 e. The Labute approximate surface area is 240 Å². The van der Waals surface area contributed by atoms with Crippen molar-refractivity contribution in [3.05, 3.63) is 23.3 Å². The third-order valence-electron chi connectivity index (χ3n) is 6.86. The molecule has 0 spiro atoms.